The van der Waals surface area contributed by atoms with Crippen LogP contribution in [0.15, 0.2) is 18.6 Å². The highest BCUT2D eigenvalue weighted by Gasteiger charge is 2.45. The third-order valence-electron chi connectivity index (χ3n) is 4.03. The lowest BCUT2D eigenvalue weighted by molar-refractivity contribution is -0.149. The third kappa shape index (κ3) is 2.55. The SMILES string of the molecule is Nc1ncnc2c1ccn2C1OC(CO)[C@@H](O)C(O)C(O)C1O. The summed E-state index contributed by atoms with van der Waals surface area (Å²) in [7, 11) is 0. The number of nitrogens with two attached hydrogens (primary N) is 1. The van der Waals surface area contributed by atoms with Crippen LogP contribution >= 0.6 is 0 Å². The molecule has 126 valence electrons. The molecule has 7 N–H and O–H groups in total. The number of anilines is 1. The van der Waals surface area contributed by atoms with E-state index in [1.54, 1.807) is 6.07 Å². The van der Waals surface area contributed by atoms with Crippen molar-refractivity contribution >= 4 is 16.9 Å². The first-order chi connectivity index (χ1) is 11.0. The summed E-state index contributed by atoms with van der Waals surface area (Å²) < 4.78 is 6.91. The second-order valence-electron chi connectivity index (χ2n) is 5.43. The van der Waals surface area contributed by atoms with Crippen LogP contribution in [0.2, 0.25) is 0 Å². The molecule has 1 aliphatic rings. The van der Waals surface area contributed by atoms with Crippen LogP contribution in [0.1, 0.15) is 6.23 Å². The molecule has 23 heavy (non-hydrogen) atoms. The van der Waals surface area contributed by atoms with Crippen molar-refractivity contribution in [1.82, 2.24) is 14.5 Å². The van der Waals surface area contributed by atoms with E-state index in [0.717, 1.165) is 0 Å². The number of aliphatic hydroxyl groups is 5. The Morgan fingerprint density at radius 3 is 2.48 bits per heavy atom. The van der Waals surface area contributed by atoms with E-state index in [9.17, 15) is 25.5 Å². The largest absolute Gasteiger partial charge is 0.394 e. The lowest BCUT2D eigenvalue weighted by Gasteiger charge is -2.27. The molecule has 3 heterocycles. The van der Waals surface area contributed by atoms with E-state index in [1.807, 2.05) is 0 Å². The van der Waals surface area contributed by atoms with Crippen LogP contribution in [-0.4, -0.2) is 77.2 Å². The number of ether oxygens (including phenoxy) is 1. The Morgan fingerprint density at radius 2 is 1.78 bits per heavy atom. The fraction of sp³-hybridized carbons (Fsp3) is 0.538. The van der Waals surface area contributed by atoms with Gasteiger partial charge in [-0.05, 0) is 6.07 Å². The van der Waals surface area contributed by atoms with Crippen LogP contribution in [0.3, 0.4) is 0 Å². The molecule has 3 rings (SSSR count). The van der Waals surface area contributed by atoms with Gasteiger partial charge >= 0.3 is 0 Å². The van der Waals surface area contributed by atoms with Gasteiger partial charge in [0.15, 0.2) is 6.23 Å². The van der Waals surface area contributed by atoms with E-state index in [0.29, 0.717) is 11.0 Å². The first-order valence-electron chi connectivity index (χ1n) is 7.01. The maximum Gasteiger partial charge on any atom is 0.164 e. The second-order valence-corrected chi connectivity index (χ2v) is 5.43. The molecule has 10 heteroatoms. The molecule has 6 atom stereocenters. The molecular formula is C13H18N4O6. The van der Waals surface area contributed by atoms with Crippen molar-refractivity contribution in [1.29, 1.82) is 0 Å². The maximum atomic E-state index is 10.3. The molecule has 0 spiro atoms. The van der Waals surface area contributed by atoms with Crippen LogP contribution < -0.4 is 5.73 Å². The Labute approximate surface area is 130 Å². The fourth-order valence-electron chi connectivity index (χ4n) is 2.71. The highest BCUT2D eigenvalue weighted by Crippen LogP contribution is 2.31. The number of aliphatic hydroxyl groups excluding tert-OH is 5. The summed E-state index contributed by atoms with van der Waals surface area (Å²) in [6.45, 7) is -0.607. The van der Waals surface area contributed by atoms with Crippen molar-refractivity contribution in [3.63, 3.8) is 0 Å². The van der Waals surface area contributed by atoms with Gasteiger partial charge in [0.05, 0.1) is 12.0 Å². The minimum absolute atomic E-state index is 0.233. The Balaban J connectivity index is 2.06. The van der Waals surface area contributed by atoms with Crippen molar-refractivity contribution in [3.8, 4) is 0 Å². The standard InChI is InChI=1S/C13H18N4O6/c14-11-5-1-2-17(12(5)16-4-15-11)13-10(22)9(21)8(20)7(19)6(3-18)23-13/h1-2,4,6-10,13,18-22H,3H2,(H2,14,15,16)/t6?,7-,8?,9?,10?,13?/m1/s1. The van der Waals surface area contributed by atoms with Crippen LogP contribution in [0.25, 0.3) is 11.0 Å². The highest BCUT2D eigenvalue weighted by atomic mass is 16.6. The Hall–Kier alpha value is -1.82. The smallest absolute Gasteiger partial charge is 0.164 e. The van der Waals surface area contributed by atoms with E-state index in [2.05, 4.69) is 9.97 Å². The zero-order valence-corrected chi connectivity index (χ0v) is 12.0. The maximum absolute atomic E-state index is 10.3. The molecule has 10 nitrogen and oxygen atoms in total. The van der Waals surface area contributed by atoms with Crippen molar-refractivity contribution in [2.75, 3.05) is 12.3 Å². The summed E-state index contributed by atoms with van der Waals surface area (Å²) in [4.78, 5) is 7.92. The molecule has 0 amide bonds. The van der Waals surface area contributed by atoms with Crippen LogP contribution in [-0.2, 0) is 4.74 Å². The molecule has 2 aromatic heterocycles. The Kier molecular flexibility index (Phi) is 4.19. The molecule has 1 saturated heterocycles. The van der Waals surface area contributed by atoms with Gasteiger partial charge in [-0.1, -0.05) is 0 Å². The average Bonchev–Trinajstić information content (AvgIpc) is 2.95. The molecule has 0 aliphatic carbocycles. The molecule has 0 radical (unpaired) electrons. The first kappa shape index (κ1) is 16.1. The third-order valence-corrected chi connectivity index (χ3v) is 4.03. The molecule has 0 bridgehead atoms. The van der Waals surface area contributed by atoms with Gasteiger partial charge in [0.2, 0.25) is 0 Å². The highest BCUT2D eigenvalue weighted by molar-refractivity contribution is 5.86. The minimum Gasteiger partial charge on any atom is -0.394 e. The van der Waals surface area contributed by atoms with E-state index >= 15 is 0 Å². The van der Waals surface area contributed by atoms with Crippen molar-refractivity contribution in [2.45, 2.75) is 36.7 Å². The topological polar surface area (TPSA) is 167 Å². The van der Waals surface area contributed by atoms with Gasteiger partial charge in [0.1, 0.15) is 48.3 Å². The minimum atomic E-state index is -1.68. The molecule has 1 fully saturated rings. The number of hydrogen-bond donors (Lipinski definition) is 6. The van der Waals surface area contributed by atoms with Crippen LogP contribution in [0.4, 0.5) is 5.82 Å². The van der Waals surface area contributed by atoms with Gasteiger partial charge in [0, 0.05) is 6.20 Å². The lowest BCUT2D eigenvalue weighted by atomic mass is 10.0. The summed E-state index contributed by atoms with van der Waals surface area (Å²) in [6.07, 6.45) is -6.11. The van der Waals surface area contributed by atoms with E-state index in [1.165, 1.54) is 17.1 Å². The van der Waals surface area contributed by atoms with Crippen LogP contribution in [0.5, 0.6) is 0 Å². The normalized spacial score (nSPS) is 35.3. The van der Waals surface area contributed by atoms with Gasteiger partial charge in [0.25, 0.3) is 0 Å². The number of nitrogen functional groups attached to an aromatic ring is 1. The second kappa shape index (κ2) is 6.00. The fourth-order valence-corrected chi connectivity index (χ4v) is 2.71. The Morgan fingerprint density at radius 1 is 1.09 bits per heavy atom. The van der Waals surface area contributed by atoms with Gasteiger partial charge < -0.3 is 40.6 Å². The summed E-state index contributed by atoms with van der Waals surface area (Å²) in [6, 6.07) is 1.61. The predicted octanol–water partition coefficient (Wildman–Crippen LogP) is -2.65. The predicted molar refractivity (Wildman–Crippen MR) is 77.0 cm³/mol. The van der Waals surface area contributed by atoms with Gasteiger partial charge in [-0.2, -0.15) is 0 Å². The van der Waals surface area contributed by atoms with E-state index < -0.39 is 43.4 Å². The lowest BCUT2D eigenvalue weighted by Crippen LogP contribution is -2.47. The van der Waals surface area contributed by atoms with E-state index in [-0.39, 0.29) is 5.82 Å². The first-order valence-corrected chi connectivity index (χ1v) is 7.01. The molecule has 2 aromatic rings. The number of fused-ring (bicyclic) bond motifs is 1. The van der Waals surface area contributed by atoms with Crippen molar-refractivity contribution < 1.29 is 30.3 Å². The quantitative estimate of drug-likeness (QED) is 0.345. The molecular weight excluding hydrogens is 308 g/mol. The number of hydrogen-bond acceptors (Lipinski definition) is 9. The van der Waals surface area contributed by atoms with Gasteiger partial charge in [-0.25, -0.2) is 9.97 Å². The summed E-state index contributed by atoms with van der Waals surface area (Å²) in [5.74, 6) is 0.233. The summed E-state index contributed by atoms with van der Waals surface area (Å²) in [5.41, 5.74) is 6.10. The zero-order valence-electron chi connectivity index (χ0n) is 12.0. The van der Waals surface area contributed by atoms with Gasteiger partial charge in [-0.3, -0.25) is 0 Å². The number of nitrogens with zero attached hydrogens (tertiary/aromatic N) is 3. The number of rotatable bonds is 2. The zero-order chi connectivity index (χ0) is 16.7. The monoisotopic (exact) mass is 326 g/mol. The van der Waals surface area contributed by atoms with Gasteiger partial charge in [-0.15, -0.1) is 0 Å². The summed E-state index contributed by atoms with van der Waals surface area (Å²) in [5, 5.41) is 49.9. The van der Waals surface area contributed by atoms with Crippen molar-refractivity contribution in [3.05, 3.63) is 18.6 Å². The molecule has 0 saturated carbocycles. The average molecular weight is 326 g/mol. The van der Waals surface area contributed by atoms with Crippen molar-refractivity contribution in [2.24, 2.45) is 0 Å². The Bertz CT molecular complexity index is 692. The summed E-state index contributed by atoms with van der Waals surface area (Å²) >= 11 is 0. The molecule has 5 unspecified atom stereocenters. The van der Waals surface area contributed by atoms with E-state index in [4.69, 9.17) is 10.5 Å². The molecule has 0 aromatic carbocycles. The molecule has 1 aliphatic heterocycles. The number of aromatic nitrogens is 3. The van der Waals surface area contributed by atoms with Crippen LogP contribution in [0, 0.1) is 0 Å².